The van der Waals surface area contributed by atoms with Gasteiger partial charge in [0.2, 0.25) is 0 Å². The minimum atomic E-state index is -0.274. The first-order valence-electron chi connectivity index (χ1n) is 4.94. The molecule has 0 spiro atoms. The number of nitrogens with zero attached hydrogens (tertiary/aromatic N) is 2. The van der Waals surface area contributed by atoms with Crippen molar-refractivity contribution >= 4 is 12.0 Å². The zero-order valence-electron chi connectivity index (χ0n) is 9.69. The minimum Gasteiger partial charge on any atom is -0.344 e. The van der Waals surface area contributed by atoms with Gasteiger partial charge in [0.05, 0.1) is 0 Å². The lowest BCUT2D eigenvalue weighted by atomic mass is 10.1. The number of rotatable bonds is 2. The lowest BCUT2D eigenvalue weighted by Gasteiger charge is -2.08. The maximum Gasteiger partial charge on any atom is 0.264 e. The van der Waals surface area contributed by atoms with Crippen LogP contribution in [-0.2, 0) is 4.79 Å². The van der Waals surface area contributed by atoms with Crippen LogP contribution in [0.5, 0.6) is 0 Å². The molecular formula is C13H14N2O. The Bertz CT molecular complexity index is 467. The fourth-order valence-electron chi connectivity index (χ4n) is 1.31. The number of aryl methyl sites for hydroxylation is 1. The summed E-state index contributed by atoms with van der Waals surface area (Å²) in [6, 6.07) is 9.59. The third kappa shape index (κ3) is 2.96. The highest BCUT2D eigenvalue weighted by Gasteiger charge is 2.10. The highest BCUT2D eigenvalue weighted by atomic mass is 16.2. The van der Waals surface area contributed by atoms with Crippen LogP contribution in [0.25, 0.3) is 6.08 Å². The monoisotopic (exact) mass is 214 g/mol. The minimum absolute atomic E-state index is 0.149. The smallest absolute Gasteiger partial charge is 0.264 e. The van der Waals surface area contributed by atoms with Gasteiger partial charge < -0.3 is 4.90 Å². The molecule has 1 rings (SSSR count). The Morgan fingerprint density at radius 2 is 2.12 bits per heavy atom. The van der Waals surface area contributed by atoms with Gasteiger partial charge in [0, 0.05) is 14.1 Å². The number of hydrogen-bond acceptors (Lipinski definition) is 2. The van der Waals surface area contributed by atoms with Crippen LogP contribution in [0.15, 0.2) is 29.8 Å². The molecule has 82 valence electrons. The molecule has 0 aliphatic carbocycles. The largest absolute Gasteiger partial charge is 0.344 e. The van der Waals surface area contributed by atoms with Gasteiger partial charge in [0.15, 0.2) is 0 Å². The fourth-order valence-corrected chi connectivity index (χ4v) is 1.31. The second-order valence-corrected chi connectivity index (χ2v) is 3.78. The van der Waals surface area contributed by atoms with E-state index in [0.717, 1.165) is 11.1 Å². The fraction of sp³-hybridized carbons (Fsp3) is 0.231. The van der Waals surface area contributed by atoms with Crippen molar-refractivity contribution in [2.75, 3.05) is 14.1 Å². The molecular weight excluding hydrogens is 200 g/mol. The van der Waals surface area contributed by atoms with E-state index < -0.39 is 0 Å². The molecule has 0 aromatic heterocycles. The van der Waals surface area contributed by atoms with E-state index in [1.54, 1.807) is 20.2 Å². The molecule has 0 fully saturated rings. The highest BCUT2D eigenvalue weighted by Crippen LogP contribution is 2.10. The van der Waals surface area contributed by atoms with E-state index in [0.29, 0.717) is 0 Å². The summed E-state index contributed by atoms with van der Waals surface area (Å²) in [4.78, 5) is 13.0. The Morgan fingerprint density at radius 3 is 2.62 bits per heavy atom. The Balaban J connectivity index is 3.07. The van der Waals surface area contributed by atoms with Crippen molar-refractivity contribution in [3.8, 4) is 6.07 Å². The van der Waals surface area contributed by atoms with E-state index in [1.165, 1.54) is 4.90 Å². The Morgan fingerprint density at radius 1 is 1.44 bits per heavy atom. The quantitative estimate of drug-likeness (QED) is 0.558. The van der Waals surface area contributed by atoms with E-state index in [-0.39, 0.29) is 11.5 Å². The van der Waals surface area contributed by atoms with Crippen LogP contribution in [0.2, 0.25) is 0 Å². The van der Waals surface area contributed by atoms with Gasteiger partial charge in [-0.1, -0.05) is 29.8 Å². The molecule has 1 aromatic carbocycles. The number of carbonyl (C=O) groups is 1. The van der Waals surface area contributed by atoms with E-state index in [1.807, 2.05) is 37.3 Å². The summed E-state index contributed by atoms with van der Waals surface area (Å²) in [5.41, 5.74) is 2.12. The second-order valence-electron chi connectivity index (χ2n) is 3.78. The summed E-state index contributed by atoms with van der Waals surface area (Å²) in [5, 5.41) is 8.91. The first-order chi connectivity index (χ1) is 7.54. The number of benzene rings is 1. The van der Waals surface area contributed by atoms with Gasteiger partial charge in [-0.05, 0) is 18.6 Å². The van der Waals surface area contributed by atoms with Gasteiger partial charge in [0.25, 0.3) is 5.91 Å². The maximum atomic E-state index is 11.6. The SMILES string of the molecule is Cc1cccc(/C=C(/C#N)C(=O)N(C)C)c1. The van der Waals surface area contributed by atoms with Crippen molar-refractivity contribution in [3.05, 3.63) is 41.0 Å². The van der Waals surface area contributed by atoms with Gasteiger partial charge in [-0.25, -0.2) is 0 Å². The number of hydrogen-bond donors (Lipinski definition) is 0. The summed E-state index contributed by atoms with van der Waals surface area (Å²) < 4.78 is 0. The molecule has 0 aliphatic rings. The normalized spacial score (nSPS) is 10.8. The summed E-state index contributed by atoms with van der Waals surface area (Å²) >= 11 is 0. The molecule has 0 aliphatic heterocycles. The van der Waals surface area contributed by atoms with Gasteiger partial charge in [-0.2, -0.15) is 5.26 Å². The van der Waals surface area contributed by atoms with Crippen LogP contribution in [0.4, 0.5) is 0 Å². The highest BCUT2D eigenvalue weighted by molar-refractivity contribution is 6.01. The number of nitriles is 1. The topological polar surface area (TPSA) is 44.1 Å². The lowest BCUT2D eigenvalue weighted by Crippen LogP contribution is -2.22. The van der Waals surface area contributed by atoms with Crippen molar-refractivity contribution in [3.63, 3.8) is 0 Å². The molecule has 0 N–H and O–H groups in total. The zero-order chi connectivity index (χ0) is 12.1. The van der Waals surface area contributed by atoms with Gasteiger partial charge in [-0.3, -0.25) is 4.79 Å². The Labute approximate surface area is 95.6 Å². The van der Waals surface area contributed by atoms with E-state index >= 15 is 0 Å². The van der Waals surface area contributed by atoms with Crippen molar-refractivity contribution < 1.29 is 4.79 Å². The molecule has 3 heteroatoms. The van der Waals surface area contributed by atoms with E-state index in [4.69, 9.17) is 5.26 Å². The lowest BCUT2D eigenvalue weighted by molar-refractivity contribution is -0.124. The third-order valence-electron chi connectivity index (χ3n) is 2.11. The molecule has 0 unspecified atom stereocenters. The summed E-state index contributed by atoms with van der Waals surface area (Å²) in [7, 11) is 3.26. The standard InChI is InChI=1S/C13H14N2O/c1-10-5-4-6-11(7-10)8-12(9-14)13(16)15(2)3/h4-8H,1-3H3/b12-8-. The molecule has 1 aromatic rings. The average molecular weight is 214 g/mol. The summed E-state index contributed by atoms with van der Waals surface area (Å²) in [5.74, 6) is -0.274. The van der Waals surface area contributed by atoms with Gasteiger partial charge >= 0.3 is 0 Å². The summed E-state index contributed by atoms with van der Waals surface area (Å²) in [6.07, 6.45) is 1.61. The van der Waals surface area contributed by atoms with Crippen LogP contribution < -0.4 is 0 Å². The van der Waals surface area contributed by atoms with Crippen molar-refractivity contribution in [2.45, 2.75) is 6.92 Å². The number of amides is 1. The van der Waals surface area contributed by atoms with Crippen LogP contribution in [0.3, 0.4) is 0 Å². The Kier molecular flexibility index (Phi) is 3.84. The predicted molar refractivity (Wildman–Crippen MR) is 63.5 cm³/mol. The number of carbonyl (C=O) groups excluding carboxylic acids is 1. The van der Waals surface area contributed by atoms with Gasteiger partial charge in [0.1, 0.15) is 11.6 Å². The van der Waals surface area contributed by atoms with Crippen LogP contribution in [0.1, 0.15) is 11.1 Å². The van der Waals surface area contributed by atoms with Gasteiger partial charge in [-0.15, -0.1) is 0 Å². The van der Waals surface area contributed by atoms with E-state index in [2.05, 4.69) is 0 Å². The molecule has 0 radical (unpaired) electrons. The molecule has 3 nitrogen and oxygen atoms in total. The summed E-state index contributed by atoms with van der Waals surface area (Å²) in [6.45, 7) is 1.97. The first kappa shape index (κ1) is 12.0. The maximum absolute atomic E-state index is 11.6. The van der Waals surface area contributed by atoms with Crippen molar-refractivity contribution in [2.24, 2.45) is 0 Å². The Hall–Kier alpha value is -2.08. The molecule has 1 amide bonds. The molecule has 0 saturated carbocycles. The first-order valence-corrected chi connectivity index (χ1v) is 4.94. The third-order valence-corrected chi connectivity index (χ3v) is 2.11. The number of likely N-dealkylation sites (N-methyl/N-ethyl adjacent to an activating group) is 1. The molecule has 0 bridgehead atoms. The van der Waals surface area contributed by atoms with Crippen molar-refractivity contribution in [1.82, 2.24) is 4.90 Å². The zero-order valence-corrected chi connectivity index (χ0v) is 9.69. The molecule has 0 heterocycles. The van der Waals surface area contributed by atoms with E-state index in [9.17, 15) is 4.79 Å². The average Bonchev–Trinajstić information content (AvgIpc) is 2.25. The second kappa shape index (κ2) is 5.13. The van der Waals surface area contributed by atoms with Crippen molar-refractivity contribution in [1.29, 1.82) is 5.26 Å². The molecule has 16 heavy (non-hydrogen) atoms. The molecule has 0 atom stereocenters. The van der Waals surface area contributed by atoms with Crippen LogP contribution in [-0.4, -0.2) is 24.9 Å². The molecule has 0 saturated heterocycles. The van der Waals surface area contributed by atoms with Crippen LogP contribution >= 0.6 is 0 Å². The van der Waals surface area contributed by atoms with Crippen LogP contribution in [0, 0.1) is 18.3 Å². The predicted octanol–water partition coefficient (Wildman–Crippen LogP) is 1.99.